The average Bonchev–Trinajstić information content (AvgIpc) is 3.43. The maximum Gasteiger partial charge on any atom is 0.320 e. The predicted molar refractivity (Wildman–Crippen MR) is 118 cm³/mol. The summed E-state index contributed by atoms with van der Waals surface area (Å²) in [6.07, 6.45) is 2.96. The Balaban J connectivity index is 0.00000218. The van der Waals surface area contributed by atoms with Crippen LogP contribution >= 0.6 is 12.4 Å². The molecule has 0 amide bonds. The number of ether oxygens (including phenoxy) is 2. The van der Waals surface area contributed by atoms with Gasteiger partial charge in [-0.25, -0.2) is 4.68 Å². The molecule has 5 rings (SSSR count). The van der Waals surface area contributed by atoms with Gasteiger partial charge in [-0.05, 0) is 36.6 Å². The molecule has 0 spiro atoms. The summed E-state index contributed by atoms with van der Waals surface area (Å²) in [7, 11) is 1.60. The number of benzene rings is 1. The molecule has 8 nitrogen and oxygen atoms in total. The fourth-order valence-corrected chi connectivity index (χ4v) is 4.26. The van der Waals surface area contributed by atoms with Crippen molar-refractivity contribution in [1.82, 2.24) is 25.1 Å². The number of hydrogen-bond acceptors (Lipinski definition) is 7. The van der Waals surface area contributed by atoms with Gasteiger partial charge in [0, 0.05) is 50.2 Å². The first kappa shape index (κ1) is 20.8. The highest BCUT2D eigenvalue weighted by Gasteiger charge is 2.22. The van der Waals surface area contributed by atoms with Gasteiger partial charge in [0.25, 0.3) is 0 Å². The molecule has 4 heterocycles. The highest BCUT2D eigenvalue weighted by molar-refractivity contribution is 5.85. The number of anilines is 1. The Hall–Kier alpha value is -2.42. The first-order chi connectivity index (χ1) is 14.2. The fourth-order valence-electron chi connectivity index (χ4n) is 4.26. The minimum Gasteiger partial charge on any atom is -0.467 e. The molecule has 1 aromatic carbocycles. The molecule has 2 saturated heterocycles. The van der Waals surface area contributed by atoms with Gasteiger partial charge >= 0.3 is 6.01 Å². The Morgan fingerprint density at radius 2 is 1.93 bits per heavy atom. The second kappa shape index (κ2) is 8.75. The van der Waals surface area contributed by atoms with Gasteiger partial charge in [0.1, 0.15) is 5.82 Å². The number of aryl methyl sites for hydroxylation is 1. The third kappa shape index (κ3) is 3.82. The van der Waals surface area contributed by atoms with E-state index in [0.29, 0.717) is 11.9 Å². The largest absolute Gasteiger partial charge is 0.467 e. The molecule has 160 valence electrons. The number of nitrogens with one attached hydrogen (secondary N) is 1. The van der Waals surface area contributed by atoms with Crippen LogP contribution in [0.25, 0.3) is 16.7 Å². The minimum atomic E-state index is 0. The lowest BCUT2D eigenvalue weighted by molar-refractivity contribution is 0.194. The van der Waals surface area contributed by atoms with E-state index in [1.807, 2.05) is 16.9 Å². The number of aromatic nitrogens is 4. The van der Waals surface area contributed by atoms with Crippen molar-refractivity contribution in [3.8, 4) is 11.8 Å². The monoisotopic (exact) mass is 430 g/mol. The molecule has 2 aliphatic heterocycles. The van der Waals surface area contributed by atoms with Gasteiger partial charge < -0.3 is 19.7 Å². The van der Waals surface area contributed by atoms with Gasteiger partial charge in [0.2, 0.25) is 0 Å². The summed E-state index contributed by atoms with van der Waals surface area (Å²) in [4.78, 5) is 11.4. The molecule has 1 atom stereocenters. The van der Waals surface area contributed by atoms with E-state index in [9.17, 15) is 0 Å². The second-order valence-electron chi connectivity index (χ2n) is 7.69. The highest BCUT2D eigenvalue weighted by Crippen LogP contribution is 2.32. The summed E-state index contributed by atoms with van der Waals surface area (Å²) in [6.45, 7) is 7.49. The Bertz CT molecular complexity index is 1030. The van der Waals surface area contributed by atoms with E-state index >= 15 is 0 Å². The molecule has 0 saturated carbocycles. The van der Waals surface area contributed by atoms with Crippen LogP contribution in [0.4, 0.5) is 5.82 Å². The molecule has 0 bridgehead atoms. The fraction of sp³-hybridized carbons (Fsp3) is 0.476. The number of fused-ring (bicyclic) bond motifs is 1. The summed E-state index contributed by atoms with van der Waals surface area (Å²) in [5.74, 6) is 2.03. The number of hydrogen-bond donors (Lipinski definition) is 1. The van der Waals surface area contributed by atoms with Gasteiger partial charge in [-0.2, -0.15) is 15.1 Å². The maximum atomic E-state index is 5.62. The zero-order chi connectivity index (χ0) is 19.8. The van der Waals surface area contributed by atoms with E-state index in [4.69, 9.17) is 9.47 Å². The number of nitrogens with zero attached hydrogens (tertiary/aromatic N) is 5. The van der Waals surface area contributed by atoms with Crippen molar-refractivity contribution in [1.29, 1.82) is 0 Å². The van der Waals surface area contributed by atoms with Crippen molar-refractivity contribution in [3.63, 3.8) is 0 Å². The molecular weight excluding hydrogens is 404 g/mol. The lowest BCUT2D eigenvalue weighted by Crippen LogP contribution is -2.44. The van der Waals surface area contributed by atoms with E-state index in [1.54, 1.807) is 7.11 Å². The number of methoxy groups -OCH3 is 1. The molecule has 30 heavy (non-hydrogen) atoms. The molecule has 2 aromatic heterocycles. The Kier molecular flexibility index (Phi) is 6.08. The molecule has 9 heteroatoms. The topological polar surface area (TPSA) is 77.3 Å². The van der Waals surface area contributed by atoms with Crippen LogP contribution < -0.4 is 15.0 Å². The SMILES string of the molecule is COc1nc(N2CCNCC2)cc(-n2ncc3cc(C)c(C4CCOC4)cc32)n1.Cl. The van der Waals surface area contributed by atoms with Crippen molar-refractivity contribution in [2.24, 2.45) is 0 Å². The normalized spacial score (nSPS) is 19.1. The summed E-state index contributed by atoms with van der Waals surface area (Å²) in [5, 5.41) is 9.12. The van der Waals surface area contributed by atoms with E-state index in [0.717, 1.165) is 68.4 Å². The average molecular weight is 431 g/mol. The number of halogens is 1. The van der Waals surface area contributed by atoms with Crippen LogP contribution in [0.5, 0.6) is 6.01 Å². The lowest BCUT2D eigenvalue weighted by atomic mass is 9.93. The van der Waals surface area contributed by atoms with Crippen LogP contribution in [0.3, 0.4) is 0 Å². The molecule has 2 aliphatic rings. The molecule has 1 unspecified atom stereocenters. The van der Waals surface area contributed by atoms with Crippen LogP contribution in [0, 0.1) is 6.92 Å². The number of piperazine rings is 1. The van der Waals surface area contributed by atoms with Crippen molar-refractivity contribution < 1.29 is 9.47 Å². The molecule has 3 aromatic rings. The Labute approximate surface area is 182 Å². The van der Waals surface area contributed by atoms with Gasteiger partial charge in [0.05, 0.1) is 25.4 Å². The quantitative estimate of drug-likeness (QED) is 0.681. The van der Waals surface area contributed by atoms with Gasteiger partial charge in [-0.3, -0.25) is 0 Å². The number of rotatable bonds is 4. The third-order valence-corrected chi connectivity index (χ3v) is 5.84. The summed E-state index contributed by atoms with van der Waals surface area (Å²) >= 11 is 0. The standard InChI is InChI=1S/C21H26N6O2.ClH/c1-14-9-16-12-23-27(18(16)10-17(14)15-3-8-29-13-15)20-11-19(24-21(25-20)28-2)26-6-4-22-5-7-26;/h9-12,15,22H,3-8,13H2,1-2H3;1H. The van der Waals surface area contributed by atoms with Crippen LogP contribution in [0.2, 0.25) is 0 Å². The Morgan fingerprint density at radius 3 is 2.67 bits per heavy atom. The molecular formula is C21H27ClN6O2. The third-order valence-electron chi connectivity index (χ3n) is 5.84. The summed E-state index contributed by atoms with van der Waals surface area (Å²) in [5.41, 5.74) is 3.67. The second-order valence-corrected chi connectivity index (χ2v) is 7.69. The van der Waals surface area contributed by atoms with E-state index in [-0.39, 0.29) is 12.4 Å². The molecule has 1 N–H and O–H groups in total. The van der Waals surface area contributed by atoms with Crippen LogP contribution in [0.15, 0.2) is 24.4 Å². The van der Waals surface area contributed by atoms with Crippen molar-refractivity contribution in [2.45, 2.75) is 19.3 Å². The van der Waals surface area contributed by atoms with Crippen molar-refractivity contribution in [2.75, 3.05) is 51.4 Å². The van der Waals surface area contributed by atoms with Gasteiger partial charge in [-0.15, -0.1) is 12.4 Å². The first-order valence-corrected chi connectivity index (χ1v) is 10.2. The van der Waals surface area contributed by atoms with Gasteiger partial charge in [0.15, 0.2) is 5.82 Å². The molecule has 0 aliphatic carbocycles. The summed E-state index contributed by atoms with van der Waals surface area (Å²) < 4.78 is 12.9. The minimum absolute atomic E-state index is 0. The lowest BCUT2D eigenvalue weighted by Gasteiger charge is -2.28. The summed E-state index contributed by atoms with van der Waals surface area (Å²) in [6, 6.07) is 6.81. The van der Waals surface area contributed by atoms with E-state index in [2.05, 4.69) is 44.3 Å². The van der Waals surface area contributed by atoms with Crippen LogP contribution in [0.1, 0.15) is 23.5 Å². The van der Waals surface area contributed by atoms with Crippen molar-refractivity contribution >= 4 is 29.1 Å². The van der Waals surface area contributed by atoms with Crippen LogP contribution in [-0.4, -0.2) is 66.3 Å². The molecule has 2 fully saturated rings. The Morgan fingerprint density at radius 1 is 1.13 bits per heavy atom. The first-order valence-electron chi connectivity index (χ1n) is 10.2. The highest BCUT2D eigenvalue weighted by atomic mass is 35.5. The zero-order valence-electron chi connectivity index (χ0n) is 17.3. The smallest absolute Gasteiger partial charge is 0.320 e. The predicted octanol–water partition coefficient (Wildman–Crippen LogP) is 2.47. The van der Waals surface area contributed by atoms with Gasteiger partial charge in [-0.1, -0.05) is 0 Å². The van der Waals surface area contributed by atoms with E-state index < -0.39 is 0 Å². The van der Waals surface area contributed by atoms with Crippen molar-refractivity contribution in [3.05, 3.63) is 35.5 Å². The van der Waals surface area contributed by atoms with E-state index in [1.165, 1.54) is 11.1 Å². The maximum absolute atomic E-state index is 5.62. The molecule has 0 radical (unpaired) electrons. The van der Waals surface area contributed by atoms with Crippen LogP contribution in [-0.2, 0) is 4.74 Å². The zero-order valence-corrected chi connectivity index (χ0v) is 18.1.